The van der Waals surface area contributed by atoms with Crippen molar-refractivity contribution < 1.29 is 13.9 Å². The molecule has 1 aromatic carbocycles. The van der Waals surface area contributed by atoms with Crippen LogP contribution in [-0.4, -0.2) is 13.3 Å². The number of hydrogen-bond acceptors (Lipinski definition) is 3. The van der Waals surface area contributed by atoms with E-state index < -0.39 is 6.67 Å². The highest BCUT2D eigenvalue weighted by molar-refractivity contribution is 5.51. The second kappa shape index (κ2) is 4.43. The first-order valence-electron chi connectivity index (χ1n) is 6.48. The Hall–Kier alpha value is -1.29. The van der Waals surface area contributed by atoms with E-state index in [0.717, 1.165) is 37.0 Å². The topological polar surface area (TPSA) is 44.5 Å². The molecule has 4 heteroatoms. The van der Waals surface area contributed by atoms with Crippen LogP contribution in [-0.2, 0) is 12.1 Å². The zero-order valence-electron chi connectivity index (χ0n) is 10.4. The fourth-order valence-corrected chi connectivity index (χ4v) is 3.22. The molecule has 0 aromatic heterocycles. The van der Waals surface area contributed by atoms with E-state index >= 15 is 0 Å². The molecule has 0 radical (unpaired) electrons. The standard InChI is InChI=1S/C14H18FNO2/c15-7-10-5-12-13(18-9-17-12)6-11(10)14(8-16)3-1-2-4-14/h5-6H,1-4,7-9,16H2. The molecule has 3 nitrogen and oxygen atoms in total. The van der Waals surface area contributed by atoms with Crippen LogP contribution in [0, 0.1) is 0 Å². The summed E-state index contributed by atoms with van der Waals surface area (Å²) in [6, 6.07) is 3.71. The van der Waals surface area contributed by atoms with Crippen LogP contribution >= 0.6 is 0 Å². The first-order valence-corrected chi connectivity index (χ1v) is 6.48. The molecule has 1 aromatic rings. The molecule has 1 aliphatic heterocycles. The minimum Gasteiger partial charge on any atom is -0.454 e. The SMILES string of the molecule is NCC1(c2cc3c(cc2CF)OCO3)CCCC1. The predicted molar refractivity (Wildman–Crippen MR) is 66.6 cm³/mol. The van der Waals surface area contributed by atoms with Crippen molar-refractivity contribution >= 4 is 0 Å². The molecule has 18 heavy (non-hydrogen) atoms. The molecule has 0 atom stereocenters. The van der Waals surface area contributed by atoms with Gasteiger partial charge in [0.15, 0.2) is 11.5 Å². The molecule has 0 saturated heterocycles. The number of hydrogen-bond donors (Lipinski definition) is 1. The first kappa shape index (κ1) is 11.8. The molecule has 2 N–H and O–H groups in total. The average molecular weight is 251 g/mol. The lowest BCUT2D eigenvalue weighted by atomic mass is 9.76. The van der Waals surface area contributed by atoms with Crippen LogP contribution in [0.15, 0.2) is 12.1 Å². The Morgan fingerprint density at radius 1 is 1.17 bits per heavy atom. The van der Waals surface area contributed by atoms with Crippen LogP contribution in [0.4, 0.5) is 4.39 Å². The summed E-state index contributed by atoms with van der Waals surface area (Å²) in [5, 5.41) is 0. The Labute approximate surface area is 106 Å². The smallest absolute Gasteiger partial charge is 0.231 e. The molecule has 0 bridgehead atoms. The summed E-state index contributed by atoms with van der Waals surface area (Å²) >= 11 is 0. The quantitative estimate of drug-likeness (QED) is 0.898. The summed E-state index contributed by atoms with van der Waals surface area (Å²) in [5.74, 6) is 1.37. The van der Waals surface area contributed by atoms with E-state index in [1.807, 2.05) is 6.07 Å². The van der Waals surface area contributed by atoms with Gasteiger partial charge in [0.2, 0.25) is 6.79 Å². The minimum atomic E-state index is -0.478. The van der Waals surface area contributed by atoms with Gasteiger partial charge in [0.1, 0.15) is 6.67 Å². The molecule has 1 aliphatic carbocycles. The summed E-state index contributed by atoms with van der Waals surface area (Å²) in [6.45, 7) is 0.313. The average Bonchev–Trinajstić information content (AvgIpc) is 3.06. The second-order valence-electron chi connectivity index (χ2n) is 5.19. The van der Waals surface area contributed by atoms with Gasteiger partial charge in [-0.3, -0.25) is 0 Å². The maximum Gasteiger partial charge on any atom is 0.231 e. The number of fused-ring (bicyclic) bond motifs is 1. The Kier molecular flexibility index (Phi) is 2.90. The maximum absolute atomic E-state index is 13.3. The van der Waals surface area contributed by atoms with Crippen molar-refractivity contribution in [3.63, 3.8) is 0 Å². The molecule has 0 amide bonds. The first-order chi connectivity index (χ1) is 8.79. The summed E-state index contributed by atoms with van der Waals surface area (Å²) in [7, 11) is 0. The van der Waals surface area contributed by atoms with Gasteiger partial charge < -0.3 is 15.2 Å². The number of rotatable bonds is 3. The van der Waals surface area contributed by atoms with Crippen LogP contribution in [0.25, 0.3) is 0 Å². The predicted octanol–water partition coefficient (Wildman–Crippen LogP) is 2.66. The largest absolute Gasteiger partial charge is 0.454 e. The van der Waals surface area contributed by atoms with E-state index in [-0.39, 0.29) is 12.2 Å². The van der Waals surface area contributed by atoms with Crippen molar-refractivity contribution in [1.82, 2.24) is 0 Å². The third-order valence-corrected chi connectivity index (χ3v) is 4.27. The highest BCUT2D eigenvalue weighted by Gasteiger charge is 2.37. The molecular formula is C14H18FNO2. The summed E-state index contributed by atoms with van der Waals surface area (Å²) in [6.07, 6.45) is 4.40. The van der Waals surface area contributed by atoms with Gasteiger partial charge in [-0.05, 0) is 36.1 Å². The minimum absolute atomic E-state index is 0.0671. The van der Waals surface area contributed by atoms with Crippen molar-refractivity contribution in [3.8, 4) is 11.5 Å². The van der Waals surface area contributed by atoms with Crippen molar-refractivity contribution in [2.75, 3.05) is 13.3 Å². The van der Waals surface area contributed by atoms with E-state index in [0.29, 0.717) is 17.9 Å². The van der Waals surface area contributed by atoms with Crippen LogP contribution < -0.4 is 15.2 Å². The third-order valence-electron chi connectivity index (χ3n) is 4.27. The highest BCUT2D eigenvalue weighted by atomic mass is 19.1. The summed E-state index contributed by atoms with van der Waals surface area (Å²) in [4.78, 5) is 0. The second-order valence-corrected chi connectivity index (χ2v) is 5.19. The number of nitrogens with two attached hydrogens (primary N) is 1. The summed E-state index contributed by atoms with van der Waals surface area (Å²) in [5.41, 5.74) is 7.63. The Morgan fingerprint density at radius 3 is 2.44 bits per heavy atom. The van der Waals surface area contributed by atoms with Crippen LogP contribution in [0.5, 0.6) is 11.5 Å². The molecule has 98 valence electrons. The van der Waals surface area contributed by atoms with Gasteiger partial charge in [-0.2, -0.15) is 0 Å². The number of benzene rings is 1. The van der Waals surface area contributed by atoms with E-state index in [1.54, 1.807) is 6.07 Å². The van der Waals surface area contributed by atoms with Crippen molar-refractivity contribution in [2.24, 2.45) is 5.73 Å². The fourth-order valence-electron chi connectivity index (χ4n) is 3.22. The van der Waals surface area contributed by atoms with Crippen molar-refractivity contribution in [1.29, 1.82) is 0 Å². The highest BCUT2D eigenvalue weighted by Crippen LogP contribution is 2.46. The zero-order valence-corrected chi connectivity index (χ0v) is 10.4. The van der Waals surface area contributed by atoms with E-state index in [4.69, 9.17) is 15.2 Å². The normalized spacial score (nSPS) is 20.3. The zero-order chi connectivity index (χ0) is 12.6. The number of alkyl halides is 1. The third kappa shape index (κ3) is 1.67. The van der Waals surface area contributed by atoms with Gasteiger partial charge in [0.05, 0.1) is 0 Å². The van der Waals surface area contributed by atoms with E-state index in [9.17, 15) is 4.39 Å². The number of halogens is 1. The van der Waals surface area contributed by atoms with Gasteiger partial charge >= 0.3 is 0 Å². The van der Waals surface area contributed by atoms with Crippen molar-refractivity contribution in [3.05, 3.63) is 23.3 Å². The van der Waals surface area contributed by atoms with Gasteiger partial charge in [0, 0.05) is 12.0 Å². The van der Waals surface area contributed by atoms with E-state index in [1.165, 1.54) is 0 Å². The lowest BCUT2D eigenvalue weighted by Crippen LogP contribution is -2.33. The van der Waals surface area contributed by atoms with Gasteiger partial charge in [-0.1, -0.05) is 12.8 Å². The molecule has 2 aliphatic rings. The lowest BCUT2D eigenvalue weighted by molar-refractivity contribution is 0.174. The molecule has 1 heterocycles. The molecule has 1 saturated carbocycles. The Balaban J connectivity index is 2.09. The fraction of sp³-hybridized carbons (Fsp3) is 0.571. The van der Waals surface area contributed by atoms with Crippen LogP contribution in [0.3, 0.4) is 0 Å². The molecular weight excluding hydrogens is 233 g/mol. The van der Waals surface area contributed by atoms with Crippen molar-refractivity contribution in [2.45, 2.75) is 37.8 Å². The summed E-state index contributed by atoms with van der Waals surface area (Å²) < 4.78 is 24.0. The Bertz CT molecular complexity index is 455. The van der Waals surface area contributed by atoms with Crippen LogP contribution in [0.1, 0.15) is 36.8 Å². The number of ether oxygens (including phenoxy) is 2. The lowest BCUT2D eigenvalue weighted by Gasteiger charge is -2.30. The van der Waals surface area contributed by atoms with Gasteiger partial charge in [-0.15, -0.1) is 0 Å². The van der Waals surface area contributed by atoms with Gasteiger partial charge in [-0.25, -0.2) is 4.39 Å². The maximum atomic E-state index is 13.3. The monoisotopic (exact) mass is 251 g/mol. The van der Waals surface area contributed by atoms with E-state index in [2.05, 4.69) is 0 Å². The van der Waals surface area contributed by atoms with Gasteiger partial charge in [0.25, 0.3) is 0 Å². The molecule has 0 unspecified atom stereocenters. The molecule has 1 fully saturated rings. The van der Waals surface area contributed by atoms with Crippen LogP contribution in [0.2, 0.25) is 0 Å². The molecule has 0 spiro atoms. The Morgan fingerprint density at radius 2 is 1.83 bits per heavy atom. The molecule has 3 rings (SSSR count).